The summed E-state index contributed by atoms with van der Waals surface area (Å²) in [4.78, 5) is 37.9. The molecule has 6 nitrogen and oxygen atoms in total. The summed E-state index contributed by atoms with van der Waals surface area (Å²) >= 11 is 0. The van der Waals surface area contributed by atoms with Crippen LogP contribution in [0.1, 0.15) is 329 Å². The molecule has 1 atom stereocenters. The van der Waals surface area contributed by atoms with E-state index in [1.165, 1.54) is 225 Å². The zero-order chi connectivity index (χ0) is 47.2. The van der Waals surface area contributed by atoms with E-state index in [4.69, 9.17) is 14.2 Å². The first-order valence-electron chi connectivity index (χ1n) is 29.2. The molecule has 0 aliphatic heterocycles. The number of allylic oxidation sites excluding steroid dienone is 2. The van der Waals surface area contributed by atoms with Gasteiger partial charge < -0.3 is 14.2 Å². The second-order valence-electron chi connectivity index (χ2n) is 19.9. The second kappa shape index (κ2) is 54.8. The highest BCUT2D eigenvalue weighted by molar-refractivity contribution is 5.71. The molecule has 6 heteroatoms. The van der Waals surface area contributed by atoms with Crippen LogP contribution in [0.25, 0.3) is 0 Å². The van der Waals surface area contributed by atoms with Crippen LogP contribution in [-0.2, 0) is 28.6 Å². The van der Waals surface area contributed by atoms with Crippen molar-refractivity contribution in [2.75, 3.05) is 13.2 Å². The smallest absolute Gasteiger partial charge is 0.306 e. The van der Waals surface area contributed by atoms with Gasteiger partial charge >= 0.3 is 17.9 Å². The van der Waals surface area contributed by atoms with Crippen LogP contribution >= 0.6 is 0 Å². The van der Waals surface area contributed by atoms with Crippen molar-refractivity contribution in [1.82, 2.24) is 0 Å². The molecule has 0 aromatic heterocycles. The van der Waals surface area contributed by atoms with E-state index < -0.39 is 6.10 Å². The molecule has 0 heterocycles. The fraction of sp³-hybridized carbons (Fsp3) is 0.915. The highest BCUT2D eigenvalue weighted by Crippen LogP contribution is 2.17. The van der Waals surface area contributed by atoms with Crippen molar-refractivity contribution in [3.63, 3.8) is 0 Å². The first-order valence-corrected chi connectivity index (χ1v) is 29.2. The van der Waals surface area contributed by atoms with Gasteiger partial charge in [-0.15, -0.1) is 0 Å². The third-order valence-electron chi connectivity index (χ3n) is 13.3. The van der Waals surface area contributed by atoms with Crippen LogP contribution in [-0.4, -0.2) is 37.2 Å². The van der Waals surface area contributed by atoms with Crippen LogP contribution in [0.3, 0.4) is 0 Å². The quantitative estimate of drug-likeness (QED) is 0.0262. The van der Waals surface area contributed by atoms with Gasteiger partial charge in [0.2, 0.25) is 0 Å². The van der Waals surface area contributed by atoms with Crippen LogP contribution in [0.15, 0.2) is 12.2 Å². The Morgan fingerprint density at radius 2 is 0.508 bits per heavy atom. The molecule has 0 saturated carbocycles. The normalized spacial score (nSPS) is 12.0. The number of carbonyl (C=O) groups excluding carboxylic acids is 3. The number of ether oxygens (including phenoxy) is 3. The fourth-order valence-electron chi connectivity index (χ4n) is 8.85. The van der Waals surface area contributed by atoms with Crippen LogP contribution in [0.4, 0.5) is 0 Å². The second-order valence-corrected chi connectivity index (χ2v) is 19.9. The number of rotatable bonds is 54. The monoisotopic (exact) mass is 917 g/mol. The Morgan fingerprint density at radius 1 is 0.292 bits per heavy atom. The van der Waals surface area contributed by atoms with Crippen LogP contribution in [0.5, 0.6) is 0 Å². The number of unbranched alkanes of at least 4 members (excludes halogenated alkanes) is 41. The Kier molecular flexibility index (Phi) is 53.2. The summed E-state index contributed by atoms with van der Waals surface area (Å²) in [6.45, 7) is 6.64. The molecule has 0 amide bonds. The Balaban J connectivity index is 4.09. The lowest BCUT2D eigenvalue weighted by atomic mass is 10.0. The van der Waals surface area contributed by atoms with Crippen molar-refractivity contribution >= 4 is 17.9 Å². The predicted octanol–water partition coefficient (Wildman–Crippen LogP) is 19.3. The van der Waals surface area contributed by atoms with Crippen molar-refractivity contribution in [2.45, 2.75) is 335 Å². The predicted molar refractivity (Wildman–Crippen MR) is 280 cm³/mol. The van der Waals surface area contributed by atoms with Crippen LogP contribution in [0.2, 0.25) is 0 Å². The van der Waals surface area contributed by atoms with Gasteiger partial charge in [-0.05, 0) is 44.9 Å². The Hall–Kier alpha value is -1.85. The lowest BCUT2D eigenvalue weighted by Crippen LogP contribution is -2.30. The van der Waals surface area contributed by atoms with E-state index >= 15 is 0 Å². The molecule has 0 aromatic carbocycles. The van der Waals surface area contributed by atoms with E-state index in [0.29, 0.717) is 19.3 Å². The number of hydrogen-bond donors (Lipinski definition) is 0. The molecule has 0 aliphatic rings. The average Bonchev–Trinajstić information content (AvgIpc) is 3.30. The summed E-state index contributed by atoms with van der Waals surface area (Å²) in [6, 6.07) is 0. The summed E-state index contributed by atoms with van der Waals surface area (Å²) in [5, 5.41) is 0. The van der Waals surface area contributed by atoms with Gasteiger partial charge in [0.25, 0.3) is 0 Å². The zero-order valence-electron chi connectivity index (χ0n) is 44.0. The molecule has 0 fully saturated rings. The van der Waals surface area contributed by atoms with E-state index in [2.05, 4.69) is 32.9 Å². The van der Waals surface area contributed by atoms with Crippen molar-refractivity contribution in [3.8, 4) is 0 Å². The largest absolute Gasteiger partial charge is 0.462 e. The summed E-state index contributed by atoms with van der Waals surface area (Å²) < 4.78 is 16.8. The molecule has 0 spiro atoms. The van der Waals surface area contributed by atoms with Crippen molar-refractivity contribution in [1.29, 1.82) is 0 Å². The van der Waals surface area contributed by atoms with Crippen molar-refractivity contribution in [2.24, 2.45) is 0 Å². The van der Waals surface area contributed by atoms with Gasteiger partial charge in [-0.1, -0.05) is 277 Å². The minimum atomic E-state index is -0.767. The summed E-state index contributed by atoms with van der Waals surface area (Å²) in [7, 11) is 0. The first kappa shape index (κ1) is 63.1. The first-order chi connectivity index (χ1) is 32.0. The molecule has 0 aromatic rings. The molecule has 0 radical (unpaired) electrons. The highest BCUT2D eigenvalue weighted by atomic mass is 16.6. The lowest BCUT2D eigenvalue weighted by Gasteiger charge is -2.18. The molecular weight excluding hydrogens is 805 g/mol. The fourth-order valence-corrected chi connectivity index (χ4v) is 8.85. The SMILES string of the molecule is CCCCCCCCC/C=C\CCCCCCCC(=O)OC(COC(=O)CCCCCCCCC)COC(=O)CCCCCCCCCCCCCCCCCCCCCCCCCC. The van der Waals surface area contributed by atoms with Gasteiger partial charge in [-0.3, -0.25) is 14.4 Å². The molecule has 65 heavy (non-hydrogen) atoms. The minimum absolute atomic E-state index is 0.0683. The molecule has 0 aliphatic carbocycles. The maximum absolute atomic E-state index is 12.8. The summed E-state index contributed by atoms with van der Waals surface area (Å²) in [5.41, 5.74) is 0. The molecule has 0 rings (SSSR count). The van der Waals surface area contributed by atoms with Crippen molar-refractivity contribution < 1.29 is 28.6 Å². The average molecular weight is 918 g/mol. The van der Waals surface area contributed by atoms with E-state index in [0.717, 1.165) is 64.2 Å². The van der Waals surface area contributed by atoms with E-state index in [1.807, 2.05) is 0 Å². The Bertz CT molecular complexity index is 1010. The van der Waals surface area contributed by atoms with Crippen molar-refractivity contribution in [3.05, 3.63) is 12.2 Å². The molecule has 384 valence electrons. The topological polar surface area (TPSA) is 78.9 Å². The number of carbonyl (C=O) groups is 3. The third-order valence-corrected chi connectivity index (χ3v) is 13.3. The molecule has 0 N–H and O–H groups in total. The maximum Gasteiger partial charge on any atom is 0.306 e. The van der Waals surface area contributed by atoms with Gasteiger partial charge in [0.05, 0.1) is 0 Å². The number of hydrogen-bond acceptors (Lipinski definition) is 6. The Labute approximate surface area is 405 Å². The zero-order valence-corrected chi connectivity index (χ0v) is 44.0. The van der Waals surface area contributed by atoms with Gasteiger partial charge in [-0.2, -0.15) is 0 Å². The van der Waals surface area contributed by atoms with Crippen LogP contribution < -0.4 is 0 Å². The highest BCUT2D eigenvalue weighted by Gasteiger charge is 2.19. The van der Waals surface area contributed by atoms with E-state index in [-0.39, 0.29) is 31.1 Å². The van der Waals surface area contributed by atoms with Gasteiger partial charge in [0.15, 0.2) is 6.10 Å². The van der Waals surface area contributed by atoms with Crippen LogP contribution in [0, 0.1) is 0 Å². The molecule has 0 bridgehead atoms. The summed E-state index contributed by atoms with van der Waals surface area (Å²) in [5.74, 6) is -0.863. The summed E-state index contributed by atoms with van der Waals surface area (Å²) in [6.07, 6.45) is 62.4. The standard InChI is InChI=1S/C59H112O6/c1-4-7-10-13-16-18-20-22-24-26-27-28-29-30-31-32-33-35-36-38-40-43-46-49-52-58(61)64-55-56(54-63-57(60)51-48-45-42-15-12-9-6-3)65-59(62)53-50-47-44-41-39-37-34-25-23-21-19-17-14-11-8-5-2/h25,34,56H,4-24,26-33,35-55H2,1-3H3/b34-25-. The molecular formula is C59H112O6. The molecule has 0 saturated heterocycles. The van der Waals surface area contributed by atoms with Gasteiger partial charge in [0, 0.05) is 19.3 Å². The number of esters is 3. The molecule has 1 unspecified atom stereocenters. The minimum Gasteiger partial charge on any atom is -0.462 e. The maximum atomic E-state index is 12.8. The van der Waals surface area contributed by atoms with E-state index in [9.17, 15) is 14.4 Å². The Morgan fingerprint density at radius 3 is 0.769 bits per heavy atom. The van der Waals surface area contributed by atoms with Gasteiger partial charge in [0.1, 0.15) is 13.2 Å². The van der Waals surface area contributed by atoms with Gasteiger partial charge in [-0.25, -0.2) is 0 Å². The van der Waals surface area contributed by atoms with E-state index in [1.54, 1.807) is 0 Å². The third kappa shape index (κ3) is 53.0. The lowest BCUT2D eigenvalue weighted by molar-refractivity contribution is -0.167.